The molecule has 1 aliphatic rings. The van der Waals surface area contributed by atoms with Gasteiger partial charge in [-0.25, -0.2) is 4.98 Å². The first-order valence-electron chi connectivity index (χ1n) is 8.27. The lowest BCUT2D eigenvalue weighted by molar-refractivity contribution is 0.424. The zero-order valence-electron chi connectivity index (χ0n) is 14.4. The van der Waals surface area contributed by atoms with Crippen molar-refractivity contribution >= 4 is 5.82 Å². The van der Waals surface area contributed by atoms with Crippen LogP contribution in [-0.4, -0.2) is 24.1 Å². The van der Waals surface area contributed by atoms with Gasteiger partial charge in [-0.1, -0.05) is 12.8 Å². The van der Waals surface area contributed by atoms with E-state index in [4.69, 9.17) is 4.98 Å². The van der Waals surface area contributed by atoms with Crippen LogP contribution in [0.5, 0.6) is 0 Å². The monoisotopic (exact) mass is 289 g/mol. The van der Waals surface area contributed by atoms with Crippen LogP contribution < -0.4 is 10.2 Å². The summed E-state index contributed by atoms with van der Waals surface area (Å²) >= 11 is 0. The number of aromatic nitrogens is 1. The second kappa shape index (κ2) is 6.78. The molecule has 0 saturated heterocycles. The van der Waals surface area contributed by atoms with E-state index in [2.05, 4.69) is 51.0 Å². The molecule has 0 radical (unpaired) electrons. The van der Waals surface area contributed by atoms with Crippen LogP contribution in [0.1, 0.15) is 57.6 Å². The van der Waals surface area contributed by atoms with Crippen molar-refractivity contribution < 1.29 is 0 Å². The Labute approximate surface area is 130 Å². The highest BCUT2D eigenvalue weighted by molar-refractivity contribution is 5.46. The van der Waals surface area contributed by atoms with E-state index in [-0.39, 0.29) is 5.54 Å². The summed E-state index contributed by atoms with van der Waals surface area (Å²) in [5, 5.41) is 3.52. The predicted octanol–water partition coefficient (Wildman–Crippen LogP) is 3.90. The summed E-state index contributed by atoms with van der Waals surface area (Å²) in [6, 6.07) is 2.27. The van der Waals surface area contributed by atoms with Gasteiger partial charge in [0.25, 0.3) is 0 Å². The van der Waals surface area contributed by atoms with Crippen molar-refractivity contribution in [1.29, 1.82) is 0 Å². The molecule has 3 heteroatoms. The lowest BCUT2D eigenvalue weighted by Crippen LogP contribution is -2.35. The van der Waals surface area contributed by atoms with Crippen LogP contribution in [0.2, 0.25) is 0 Å². The third-order valence-electron chi connectivity index (χ3n) is 4.30. The van der Waals surface area contributed by atoms with Gasteiger partial charge in [0, 0.05) is 31.9 Å². The molecular formula is C18H31N3. The first-order chi connectivity index (χ1) is 9.85. The average molecular weight is 289 g/mol. The van der Waals surface area contributed by atoms with Gasteiger partial charge in [0.1, 0.15) is 5.82 Å². The minimum Gasteiger partial charge on any atom is -0.359 e. The molecule has 0 unspecified atom stereocenters. The second-order valence-corrected chi connectivity index (χ2v) is 7.62. The number of hydrogen-bond acceptors (Lipinski definition) is 3. The fourth-order valence-corrected chi connectivity index (χ4v) is 3.16. The Kier molecular flexibility index (Phi) is 5.26. The topological polar surface area (TPSA) is 28.2 Å². The maximum atomic E-state index is 4.71. The highest BCUT2D eigenvalue weighted by Crippen LogP contribution is 2.27. The van der Waals surface area contributed by atoms with E-state index in [0.29, 0.717) is 0 Å². The summed E-state index contributed by atoms with van der Waals surface area (Å²) in [6.45, 7) is 10.8. The van der Waals surface area contributed by atoms with Crippen molar-refractivity contribution in [2.45, 2.75) is 65.5 Å². The summed E-state index contributed by atoms with van der Waals surface area (Å²) in [5.41, 5.74) is 2.69. The predicted molar refractivity (Wildman–Crippen MR) is 90.8 cm³/mol. The molecular weight excluding hydrogens is 258 g/mol. The number of nitrogens with one attached hydrogen (secondary N) is 1. The van der Waals surface area contributed by atoms with E-state index in [1.54, 1.807) is 0 Å². The Morgan fingerprint density at radius 3 is 2.52 bits per heavy atom. The Bertz CT molecular complexity index is 456. The largest absolute Gasteiger partial charge is 0.359 e. The number of hydrogen-bond donors (Lipinski definition) is 1. The quantitative estimate of drug-likeness (QED) is 0.891. The van der Waals surface area contributed by atoms with Crippen molar-refractivity contribution in [3.05, 3.63) is 23.4 Å². The minimum absolute atomic E-state index is 0.145. The molecule has 1 N–H and O–H groups in total. The Morgan fingerprint density at radius 2 is 1.95 bits per heavy atom. The Balaban J connectivity index is 1.97. The van der Waals surface area contributed by atoms with Gasteiger partial charge in [-0.3, -0.25) is 0 Å². The van der Waals surface area contributed by atoms with Gasteiger partial charge in [0.15, 0.2) is 0 Å². The Hall–Kier alpha value is -1.09. The molecule has 1 aromatic heterocycles. The molecule has 118 valence electrons. The maximum absolute atomic E-state index is 4.71. The molecule has 21 heavy (non-hydrogen) atoms. The fourth-order valence-electron chi connectivity index (χ4n) is 3.16. The molecule has 0 amide bonds. The highest BCUT2D eigenvalue weighted by Gasteiger charge is 2.18. The molecule has 2 rings (SSSR count). The average Bonchev–Trinajstić information content (AvgIpc) is 2.88. The van der Waals surface area contributed by atoms with E-state index in [9.17, 15) is 0 Å². The molecule has 0 bridgehead atoms. The van der Waals surface area contributed by atoms with Crippen LogP contribution in [0.4, 0.5) is 5.82 Å². The van der Waals surface area contributed by atoms with Crippen LogP contribution in [-0.2, 0) is 6.54 Å². The van der Waals surface area contributed by atoms with E-state index in [0.717, 1.165) is 24.8 Å². The maximum Gasteiger partial charge on any atom is 0.131 e. The summed E-state index contributed by atoms with van der Waals surface area (Å²) in [4.78, 5) is 7.05. The summed E-state index contributed by atoms with van der Waals surface area (Å²) in [6.07, 6.45) is 7.60. The molecule has 0 atom stereocenters. The van der Waals surface area contributed by atoms with Gasteiger partial charge in [-0.15, -0.1) is 0 Å². The van der Waals surface area contributed by atoms with Crippen LogP contribution >= 0.6 is 0 Å². The normalized spacial score (nSPS) is 16.4. The summed E-state index contributed by atoms with van der Waals surface area (Å²) in [7, 11) is 2.18. The SMILES string of the molecule is Cc1cc(CNC(C)(C)C)cnc1N(C)CC1CCCC1. The second-order valence-electron chi connectivity index (χ2n) is 7.62. The molecule has 1 aliphatic carbocycles. The summed E-state index contributed by atoms with van der Waals surface area (Å²) in [5.74, 6) is 2.00. The van der Waals surface area contributed by atoms with Crippen molar-refractivity contribution in [2.24, 2.45) is 5.92 Å². The molecule has 0 spiro atoms. The molecule has 0 aromatic carbocycles. The third-order valence-corrected chi connectivity index (χ3v) is 4.30. The third kappa shape index (κ3) is 4.99. The smallest absolute Gasteiger partial charge is 0.131 e. The highest BCUT2D eigenvalue weighted by atomic mass is 15.2. The van der Waals surface area contributed by atoms with Gasteiger partial charge >= 0.3 is 0 Å². The lowest BCUT2D eigenvalue weighted by atomic mass is 10.1. The number of nitrogens with zero attached hydrogens (tertiary/aromatic N) is 2. The van der Waals surface area contributed by atoms with Crippen LogP contribution in [0.3, 0.4) is 0 Å². The zero-order valence-corrected chi connectivity index (χ0v) is 14.4. The van der Waals surface area contributed by atoms with Gasteiger partial charge in [0.2, 0.25) is 0 Å². The first kappa shape index (κ1) is 16.3. The van der Waals surface area contributed by atoms with E-state index >= 15 is 0 Å². The number of rotatable bonds is 5. The van der Waals surface area contributed by atoms with Crippen LogP contribution in [0.25, 0.3) is 0 Å². The first-order valence-corrected chi connectivity index (χ1v) is 8.27. The van der Waals surface area contributed by atoms with Gasteiger partial charge in [-0.05, 0) is 63.6 Å². The molecule has 1 saturated carbocycles. The standard InChI is InChI=1S/C18H31N3/c1-14-10-16(12-20-18(2,3)4)11-19-17(14)21(5)13-15-8-6-7-9-15/h10-11,15,20H,6-9,12-13H2,1-5H3. The van der Waals surface area contributed by atoms with Gasteiger partial charge < -0.3 is 10.2 Å². The van der Waals surface area contributed by atoms with Crippen molar-refractivity contribution in [1.82, 2.24) is 10.3 Å². The number of pyridine rings is 1. The van der Waals surface area contributed by atoms with Gasteiger partial charge in [0.05, 0.1) is 0 Å². The van der Waals surface area contributed by atoms with Crippen LogP contribution in [0.15, 0.2) is 12.3 Å². The Morgan fingerprint density at radius 1 is 1.29 bits per heavy atom. The number of anilines is 1. The summed E-state index contributed by atoms with van der Waals surface area (Å²) < 4.78 is 0. The lowest BCUT2D eigenvalue weighted by Gasteiger charge is -2.24. The number of aryl methyl sites for hydroxylation is 1. The fraction of sp³-hybridized carbons (Fsp3) is 0.722. The molecule has 1 aromatic rings. The van der Waals surface area contributed by atoms with E-state index in [1.165, 1.54) is 36.8 Å². The van der Waals surface area contributed by atoms with Gasteiger partial charge in [-0.2, -0.15) is 0 Å². The van der Waals surface area contributed by atoms with E-state index < -0.39 is 0 Å². The van der Waals surface area contributed by atoms with E-state index in [1.807, 2.05) is 6.20 Å². The van der Waals surface area contributed by atoms with Crippen molar-refractivity contribution in [3.63, 3.8) is 0 Å². The minimum atomic E-state index is 0.145. The van der Waals surface area contributed by atoms with Crippen molar-refractivity contribution in [2.75, 3.05) is 18.5 Å². The van der Waals surface area contributed by atoms with Crippen LogP contribution in [0, 0.1) is 12.8 Å². The zero-order chi connectivity index (χ0) is 15.5. The molecule has 1 heterocycles. The molecule has 3 nitrogen and oxygen atoms in total. The molecule has 0 aliphatic heterocycles. The van der Waals surface area contributed by atoms with Crippen molar-refractivity contribution in [3.8, 4) is 0 Å². The molecule has 1 fully saturated rings.